The number of nitrogens with one attached hydrogen (secondary N) is 1. The van der Waals surface area contributed by atoms with Crippen LogP contribution in [-0.4, -0.2) is 30.4 Å². The fraction of sp³-hybridized carbons (Fsp3) is 0.688. The molecule has 4 nitrogen and oxygen atoms in total. The number of rotatable bonds is 5. The van der Waals surface area contributed by atoms with E-state index in [1.54, 1.807) is 4.90 Å². The predicted octanol–water partition coefficient (Wildman–Crippen LogP) is 2.50. The van der Waals surface area contributed by atoms with Crippen molar-refractivity contribution < 1.29 is 9.21 Å². The zero-order chi connectivity index (χ0) is 14.1. The molecule has 0 aromatic carbocycles. The number of carbonyl (C=O) groups is 1. The molecule has 110 valence electrons. The third kappa shape index (κ3) is 3.06. The van der Waals surface area contributed by atoms with Crippen LogP contribution in [0.15, 0.2) is 16.5 Å². The van der Waals surface area contributed by atoms with Gasteiger partial charge in [0.15, 0.2) is 0 Å². The van der Waals surface area contributed by atoms with Crippen LogP contribution in [0, 0.1) is 5.92 Å². The highest BCUT2D eigenvalue weighted by Gasteiger charge is 2.36. The Morgan fingerprint density at radius 3 is 2.95 bits per heavy atom. The molecule has 1 N–H and O–H groups in total. The average Bonchev–Trinajstić information content (AvgIpc) is 2.87. The number of hydrogen-bond acceptors (Lipinski definition) is 3. The number of furan rings is 1. The standard InChI is InChI=1S/C16H24N2O2/c1-11-8-14(11)15-6-5-13(20-15)10-18(2)16(19)9-12-4-3-7-17-12/h5-6,11-12,14,17H,3-4,7-10H2,1-2H3. The molecule has 0 bridgehead atoms. The van der Waals surface area contributed by atoms with Crippen LogP contribution in [0.3, 0.4) is 0 Å². The Labute approximate surface area is 120 Å². The molecule has 1 aromatic heterocycles. The van der Waals surface area contributed by atoms with Gasteiger partial charge in [-0.25, -0.2) is 0 Å². The van der Waals surface area contributed by atoms with Gasteiger partial charge >= 0.3 is 0 Å². The van der Waals surface area contributed by atoms with Crippen LogP contribution in [0.25, 0.3) is 0 Å². The Bertz CT molecular complexity index is 477. The molecular formula is C16H24N2O2. The van der Waals surface area contributed by atoms with Gasteiger partial charge in [0.05, 0.1) is 6.54 Å². The van der Waals surface area contributed by atoms with Crippen LogP contribution in [0.1, 0.15) is 50.0 Å². The maximum absolute atomic E-state index is 12.2. The van der Waals surface area contributed by atoms with E-state index in [0.717, 1.165) is 30.4 Å². The van der Waals surface area contributed by atoms with Crippen molar-refractivity contribution in [2.75, 3.05) is 13.6 Å². The highest BCUT2D eigenvalue weighted by Crippen LogP contribution is 2.47. The molecule has 3 rings (SSSR count). The van der Waals surface area contributed by atoms with Gasteiger partial charge in [-0.1, -0.05) is 6.92 Å². The van der Waals surface area contributed by atoms with Gasteiger partial charge in [0.1, 0.15) is 11.5 Å². The van der Waals surface area contributed by atoms with Crippen LogP contribution in [-0.2, 0) is 11.3 Å². The maximum atomic E-state index is 12.2. The van der Waals surface area contributed by atoms with E-state index in [0.29, 0.717) is 24.9 Å². The van der Waals surface area contributed by atoms with Gasteiger partial charge in [-0.2, -0.15) is 0 Å². The van der Waals surface area contributed by atoms with Crippen LogP contribution >= 0.6 is 0 Å². The van der Waals surface area contributed by atoms with Crippen LogP contribution in [0.2, 0.25) is 0 Å². The summed E-state index contributed by atoms with van der Waals surface area (Å²) in [6, 6.07) is 4.45. The summed E-state index contributed by atoms with van der Waals surface area (Å²) in [5.41, 5.74) is 0. The fourth-order valence-corrected chi connectivity index (χ4v) is 3.02. The van der Waals surface area contributed by atoms with E-state index in [4.69, 9.17) is 4.42 Å². The molecule has 1 aromatic rings. The Morgan fingerprint density at radius 2 is 2.30 bits per heavy atom. The van der Waals surface area contributed by atoms with E-state index in [2.05, 4.69) is 18.3 Å². The molecule has 2 aliphatic rings. The maximum Gasteiger partial charge on any atom is 0.224 e. The normalized spacial score (nSPS) is 28.6. The van der Waals surface area contributed by atoms with Crippen molar-refractivity contribution in [3.8, 4) is 0 Å². The van der Waals surface area contributed by atoms with Crippen molar-refractivity contribution >= 4 is 5.91 Å². The second kappa shape index (κ2) is 5.60. The molecule has 0 spiro atoms. The van der Waals surface area contributed by atoms with Crippen LogP contribution in [0.4, 0.5) is 0 Å². The Kier molecular flexibility index (Phi) is 3.83. The summed E-state index contributed by atoms with van der Waals surface area (Å²) in [5, 5.41) is 3.37. The molecule has 1 amide bonds. The van der Waals surface area contributed by atoms with E-state index in [9.17, 15) is 4.79 Å². The number of amides is 1. The summed E-state index contributed by atoms with van der Waals surface area (Å²) in [6.07, 6.45) is 4.13. The first-order valence-electron chi connectivity index (χ1n) is 7.69. The zero-order valence-corrected chi connectivity index (χ0v) is 12.4. The smallest absolute Gasteiger partial charge is 0.224 e. The van der Waals surface area contributed by atoms with Gasteiger partial charge in [-0.05, 0) is 43.9 Å². The van der Waals surface area contributed by atoms with Crippen LogP contribution in [0.5, 0.6) is 0 Å². The summed E-state index contributed by atoms with van der Waals surface area (Å²) >= 11 is 0. The lowest BCUT2D eigenvalue weighted by atomic mass is 10.1. The summed E-state index contributed by atoms with van der Waals surface area (Å²) in [5.74, 6) is 3.54. The molecule has 0 radical (unpaired) electrons. The monoisotopic (exact) mass is 276 g/mol. The van der Waals surface area contributed by atoms with Crippen molar-refractivity contribution in [3.05, 3.63) is 23.7 Å². The van der Waals surface area contributed by atoms with Crippen molar-refractivity contribution in [2.24, 2.45) is 5.92 Å². The molecule has 1 aliphatic heterocycles. The number of hydrogen-bond donors (Lipinski definition) is 1. The largest absolute Gasteiger partial charge is 0.464 e. The zero-order valence-electron chi connectivity index (χ0n) is 12.4. The van der Waals surface area contributed by atoms with E-state index >= 15 is 0 Å². The average molecular weight is 276 g/mol. The van der Waals surface area contributed by atoms with E-state index in [1.807, 2.05) is 13.1 Å². The van der Waals surface area contributed by atoms with Crippen LogP contribution < -0.4 is 5.32 Å². The van der Waals surface area contributed by atoms with Crippen molar-refractivity contribution in [1.82, 2.24) is 10.2 Å². The third-order valence-corrected chi connectivity index (χ3v) is 4.56. The minimum absolute atomic E-state index is 0.196. The van der Waals surface area contributed by atoms with E-state index in [-0.39, 0.29) is 5.91 Å². The lowest BCUT2D eigenvalue weighted by Crippen LogP contribution is -2.33. The van der Waals surface area contributed by atoms with Gasteiger partial charge in [-0.15, -0.1) is 0 Å². The number of nitrogens with zero attached hydrogens (tertiary/aromatic N) is 1. The summed E-state index contributed by atoms with van der Waals surface area (Å²) < 4.78 is 5.86. The molecule has 2 heterocycles. The molecule has 1 aliphatic carbocycles. The summed E-state index contributed by atoms with van der Waals surface area (Å²) in [7, 11) is 1.86. The predicted molar refractivity (Wildman–Crippen MR) is 77.3 cm³/mol. The molecule has 3 atom stereocenters. The second-order valence-corrected chi connectivity index (χ2v) is 6.37. The molecule has 1 saturated carbocycles. The Balaban J connectivity index is 1.51. The summed E-state index contributed by atoms with van der Waals surface area (Å²) in [4.78, 5) is 13.9. The van der Waals surface area contributed by atoms with Crippen molar-refractivity contribution in [2.45, 2.75) is 51.1 Å². The van der Waals surface area contributed by atoms with Gasteiger partial charge in [0.25, 0.3) is 0 Å². The molecule has 4 heteroatoms. The summed E-state index contributed by atoms with van der Waals surface area (Å²) in [6.45, 7) is 3.87. The lowest BCUT2D eigenvalue weighted by Gasteiger charge is -2.18. The number of carbonyl (C=O) groups excluding carboxylic acids is 1. The van der Waals surface area contributed by atoms with Gasteiger partial charge in [-0.3, -0.25) is 4.79 Å². The Hall–Kier alpha value is -1.29. The first-order valence-corrected chi connectivity index (χ1v) is 7.69. The van der Waals surface area contributed by atoms with Gasteiger partial charge in [0, 0.05) is 25.4 Å². The van der Waals surface area contributed by atoms with E-state index < -0.39 is 0 Å². The van der Waals surface area contributed by atoms with Gasteiger partial charge < -0.3 is 14.6 Å². The minimum atomic E-state index is 0.196. The topological polar surface area (TPSA) is 45.5 Å². The highest BCUT2D eigenvalue weighted by atomic mass is 16.3. The van der Waals surface area contributed by atoms with Crippen molar-refractivity contribution in [3.63, 3.8) is 0 Å². The molecule has 3 unspecified atom stereocenters. The highest BCUT2D eigenvalue weighted by molar-refractivity contribution is 5.76. The second-order valence-electron chi connectivity index (χ2n) is 6.37. The molecular weight excluding hydrogens is 252 g/mol. The van der Waals surface area contributed by atoms with Crippen molar-refractivity contribution in [1.29, 1.82) is 0 Å². The third-order valence-electron chi connectivity index (χ3n) is 4.56. The minimum Gasteiger partial charge on any atom is -0.464 e. The fourth-order valence-electron chi connectivity index (χ4n) is 3.02. The first-order chi connectivity index (χ1) is 9.63. The Morgan fingerprint density at radius 1 is 1.50 bits per heavy atom. The quantitative estimate of drug-likeness (QED) is 0.898. The SMILES string of the molecule is CC1CC1c1ccc(CN(C)C(=O)CC2CCCN2)o1. The lowest BCUT2D eigenvalue weighted by molar-refractivity contribution is -0.131. The molecule has 2 fully saturated rings. The molecule has 20 heavy (non-hydrogen) atoms. The van der Waals surface area contributed by atoms with E-state index in [1.165, 1.54) is 12.8 Å². The first kappa shape index (κ1) is 13.7. The molecule has 1 saturated heterocycles. The van der Waals surface area contributed by atoms with Gasteiger partial charge in [0.2, 0.25) is 5.91 Å².